The third-order valence-corrected chi connectivity index (χ3v) is 4.26. The highest BCUT2D eigenvalue weighted by Gasteiger charge is 2.24. The summed E-state index contributed by atoms with van der Waals surface area (Å²) in [5.74, 6) is -0.831. The van der Waals surface area contributed by atoms with E-state index in [1.54, 1.807) is 6.07 Å². The van der Waals surface area contributed by atoms with E-state index in [0.29, 0.717) is 11.6 Å². The van der Waals surface area contributed by atoms with Gasteiger partial charge in [0.25, 0.3) is 0 Å². The number of hydrogen-bond donors (Lipinski definition) is 1. The Hall–Kier alpha value is -2.20. The van der Waals surface area contributed by atoms with E-state index in [1.807, 2.05) is 36.7 Å². The molecule has 1 aliphatic heterocycles. The van der Waals surface area contributed by atoms with E-state index in [-0.39, 0.29) is 0 Å². The van der Waals surface area contributed by atoms with Crippen LogP contribution in [0.5, 0.6) is 0 Å². The van der Waals surface area contributed by atoms with Crippen molar-refractivity contribution in [2.45, 2.75) is 25.9 Å². The van der Waals surface area contributed by atoms with Gasteiger partial charge in [-0.15, -0.1) is 0 Å². The first-order chi connectivity index (χ1) is 10.2. The van der Waals surface area contributed by atoms with Crippen LogP contribution in [0.25, 0.3) is 0 Å². The SMILES string of the molecule is CC(c1ccncc1)N1CCc2c(cccc2C(=O)O)C1. The predicted molar refractivity (Wildman–Crippen MR) is 80.2 cm³/mol. The molecule has 0 saturated carbocycles. The molecule has 0 amide bonds. The molecule has 3 rings (SSSR count). The molecule has 2 heterocycles. The molecule has 1 unspecified atom stereocenters. The van der Waals surface area contributed by atoms with Crippen LogP contribution in [0.3, 0.4) is 0 Å². The molecule has 1 N–H and O–H groups in total. The van der Waals surface area contributed by atoms with Crippen LogP contribution in [0.4, 0.5) is 0 Å². The Morgan fingerprint density at radius 1 is 1.29 bits per heavy atom. The number of hydrogen-bond acceptors (Lipinski definition) is 3. The number of aromatic nitrogens is 1. The average Bonchev–Trinajstić information content (AvgIpc) is 2.53. The molecule has 1 atom stereocenters. The Morgan fingerprint density at radius 2 is 2.05 bits per heavy atom. The number of pyridine rings is 1. The second-order valence-electron chi connectivity index (χ2n) is 5.43. The van der Waals surface area contributed by atoms with Crippen LogP contribution < -0.4 is 0 Å². The van der Waals surface area contributed by atoms with Gasteiger partial charge >= 0.3 is 5.97 Å². The molecule has 0 bridgehead atoms. The molecular formula is C17H18N2O2. The fraction of sp³-hybridized carbons (Fsp3) is 0.294. The zero-order valence-corrected chi connectivity index (χ0v) is 12.0. The fourth-order valence-electron chi connectivity index (χ4n) is 3.02. The highest BCUT2D eigenvalue weighted by atomic mass is 16.4. The van der Waals surface area contributed by atoms with Crippen molar-refractivity contribution in [1.82, 2.24) is 9.88 Å². The zero-order valence-electron chi connectivity index (χ0n) is 12.0. The summed E-state index contributed by atoms with van der Waals surface area (Å²) in [6, 6.07) is 9.94. The number of rotatable bonds is 3. The topological polar surface area (TPSA) is 53.4 Å². The minimum absolute atomic E-state index is 0.301. The maximum Gasteiger partial charge on any atom is 0.335 e. The molecule has 1 aliphatic rings. The highest BCUT2D eigenvalue weighted by molar-refractivity contribution is 5.89. The van der Waals surface area contributed by atoms with Gasteiger partial charge in [0.2, 0.25) is 0 Å². The number of carboxylic acids is 1. The minimum atomic E-state index is -0.831. The Kier molecular flexibility index (Phi) is 3.71. The Morgan fingerprint density at radius 3 is 2.76 bits per heavy atom. The maximum atomic E-state index is 11.3. The summed E-state index contributed by atoms with van der Waals surface area (Å²) in [7, 11) is 0. The summed E-state index contributed by atoms with van der Waals surface area (Å²) in [5, 5.41) is 9.27. The summed E-state index contributed by atoms with van der Waals surface area (Å²) in [5.41, 5.74) is 3.80. The van der Waals surface area contributed by atoms with Gasteiger partial charge in [-0.2, -0.15) is 0 Å². The first-order valence-corrected chi connectivity index (χ1v) is 7.15. The lowest BCUT2D eigenvalue weighted by Gasteiger charge is -2.34. The zero-order chi connectivity index (χ0) is 14.8. The van der Waals surface area contributed by atoms with Crippen molar-refractivity contribution in [3.63, 3.8) is 0 Å². The summed E-state index contributed by atoms with van der Waals surface area (Å²) < 4.78 is 0. The fourth-order valence-corrected chi connectivity index (χ4v) is 3.02. The van der Waals surface area contributed by atoms with E-state index in [0.717, 1.165) is 30.6 Å². The number of benzene rings is 1. The van der Waals surface area contributed by atoms with Crippen LogP contribution in [-0.2, 0) is 13.0 Å². The Labute approximate surface area is 124 Å². The molecular weight excluding hydrogens is 264 g/mol. The van der Waals surface area contributed by atoms with Crippen LogP contribution in [-0.4, -0.2) is 27.5 Å². The van der Waals surface area contributed by atoms with Gasteiger partial charge in [-0.1, -0.05) is 12.1 Å². The van der Waals surface area contributed by atoms with Crippen molar-refractivity contribution in [1.29, 1.82) is 0 Å². The predicted octanol–water partition coefficient (Wildman–Crippen LogP) is 2.90. The first kappa shape index (κ1) is 13.8. The summed E-state index contributed by atoms with van der Waals surface area (Å²) in [6.07, 6.45) is 4.41. The molecule has 2 aromatic rings. The number of fused-ring (bicyclic) bond motifs is 1. The third kappa shape index (κ3) is 2.67. The lowest BCUT2D eigenvalue weighted by atomic mass is 9.93. The standard InChI is InChI=1S/C17H18N2O2/c1-12(13-5-8-18-9-6-13)19-10-7-15-14(11-19)3-2-4-16(15)17(20)21/h2-6,8-9,12H,7,10-11H2,1H3,(H,20,21). The summed E-state index contributed by atoms with van der Waals surface area (Å²) >= 11 is 0. The van der Waals surface area contributed by atoms with Crippen LogP contribution >= 0.6 is 0 Å². The molecule has 4 nitrogen and oxygen atoms in total. The average molecular weight is 282 g/mol. The lowest BCUT2D eigenvalue weighted by molar-refractivity contribution is 0.0694. The molecule has 1 aromatic heterocycles. The summed E-state index contributed by atoms with van der Waals surface area (Å²) in [4.78, 5) is 17.7. The maximum absolute atomic E-state index is 11.3. The molecule has 0 saturated heterocycles. The number of aromatic carboxylic acids is 1. The summed E-state index contributed by atoms with van der Waals surface area (Å²) in [6.45, 7) is 3.85. The van der Waals surface area contributed by atoms with Crippen molar-refractivity contribution in [3.05, 3.63) is 65.0 Å². The monoisotopic (exact) mass is 282 g/mol. The van der Waals surface area contributed by atoms with E-state index < -0.39 is 5.97 Å². The third-order valence-electron chi connectivity index (χ3n) is 4.26. The number of carbonyl (C=O) groups is 1. The van der Waals surface area contributed by atoms with Gasteiger partial charge < -0.3 is 5.11 Å². The Balaban J connectivity index is 1.85. The number of carboxylic acid groups (broad SMARTS) is 1. The van der Waals surface area contributed by atoms with Gasteiger partial charge in [0, 0.05) is 31.5 Å². The lowest BCUT2D eigenvalue weighted by Crippen LogP contribution is -2.33. The van der Waals surface area contributed by atoms with Crippen molar-refractivity contribution in [3.8, 4) is 0 Å². The van der Waals surface area contributed by atoms with E-state index in [9.17, 15) is 9.90 Å². The normalized spacial score (nSPS) is 16.2. The largest absolute Gasteiger partial charge is 0.478 e. The van der Waals surface area contributed by atoms with E-state index in [4.69, 9.17) is 0 Å². The van der Waals surface area contributed by atoms with Crippen LogP contribution in [0.1, 0.15) is 40.0 Å². The first-order valence-electron chi connectivity index (χ1n) is 7.15. The van der Waals surface area contributed by atoms with Crippen molar-refractivity contribution < 1.29 is 9.90 Å². The Bertz CT molecular complexity index is 655. The van der Waals surface area contributed by atoms with Crippen LogP contribution in [0.15, 0.2) is 42.7 Å². The highest BCUT2D eigenvalue weighted by Crippen LogP contribution is 2.28. The van der Waals surface area contributed by atoms with Gasteiger partial charge in [-0.05, 0) is 48.2 Å². The minimum Gasteiger partial charge on any atom is -0.478 e. The smallest absolute Gasteiger partial charge is 0.335 e. The van der Waals surface area contributed by atoms with Gasteiger partial charge in [-0.25, -0.2) is 4.79 Å². The van der Waals surface area contributed by atoms with E-state index >= 15 is 0 Å². The molecule has 0 fully saturated rings. The van der Waals surface area contributed by atoms with Crippen molar-refractivity contribution in [2.75, 3.05) is 6.54 Å². The van der Waals surface area contributed by atoms with E-state index in [1.165, 1.54) is 5.56 Å². The van der Waals surface area contributed by atoms with Gasteiger partial charge in [0.05, 0.1) is 5.56 Å². The van der Waals surface area contributed by atoms with Crippen LogP contribution in [0, 0.1) is 0 Å². The van der Waals surface area contributed by atoms with E-state index in [2.05, 4.69) is 16.8 Å². The molecule has 0 spiro atoms. The second-order valence-corrected chi connectivity index (χ2v) is 5.43. The molecule has 0 aliphatic carbocycles. The quantitative estimate of drug-likeness (QED) is 0.940. The van der Waals surface area contributed by atoms with Crippen molar-refractivity contribution in [2.24, 2.45) is 0 Å². The second kappa shape index (κ2) is 5.66. The van der Waals surface area contributed by atoms with Crippen molar-refractivity contribution >= 4 is 5.97 Å². The molecule has 1 aromatic carbocycles. The van der Waals surface area contributed by atoms with Crippen LogP contribution in [0.2, 0.25) is 0 Å². The molecule has 4 heteroatoms. The number of nitrogens with zero attached hydrogens (tertiary/aromatic N) is 2. The van der Waals surface area contributed by atoms with Gasteiger partial charge in [0.1, 0.15) is 0 Å². The molecule has 0 radical (unpaired) electrons. The van der Waals surface area contributed by atoms with Gasteiger partial charge in [0.15, 0.2) is 0 Å². The molecule has 21 heavy (non-hydrogen) atoms. The molecule has 108 valence electrons. The van der Waals surface area contributed by atoms with Gasteiger partial charge in [-0.3, -0.25) is 9.88 Å².